The predicted molar refractivity (Wildman–Crippen MR) is 139 cm³/mol. The SMILES string of the molecule is Cc1ccccc1C1C(c2ccccc2)C(=O)C(c2ccccc2)C(c2ccccc2C)N1C#N. The van der Waals surface area contributed by atoms with Gasteiger partial charge in [-0.25, -0.2) is 0 Å². The lowest BCUT2D eigenvalue weighted by molar-refractivity contribution is -0.129. The number of aryl methyl sites for hydroxylation is 2. The molecule has 1 fully saturated rings. The first-order valence-electron chi connectivity index (χ1n) is 12.0. The van der Waals surface area contributed by atoms with Crippen molar-refractivity contribution in [2.24, 2.45) is 0 Å². The normalized spacial score (nSPS) is 22.0. The van der Waals surface area contributed by atoms with E-state index in [1.165, 1.54) is 0 Å². The molecule has 4 atom stereocenters. The zero-order chi connectivity index (χ0) is 24.4. The van der Waals surface area contributed by atoms with Gasteiger partial charge in [-0.2, -0.15) is 5.26 Å². The summed E-state index contributed by atoms with van der Waals surface area (Å²) in [5.74, 6) is -0.791. The number of piperidine rings is 1. The topological polar surface area (TPSA) is 44.1 Å². The van der Waals surface area contributed by atoms with Gasteiger partial charge in [-0.15, -0.1) is 0 Å². The van der Waals surface area contributed by atoms with Crippen LogP contribution in [0.1, 0.15) is 57.3 Å². The van der Waals surface area contributed by atoms with E-state index in [2.05, 4.69) is 44.3 Å². The van der Waals surface area contributed by atoms with E-state index in [4.69, 9.17) is 0 Å². The lowest BCUT2D eigenvalue weighted by Crippen LogP contribution is -2.47. The van der Waals surface area contributed by atoms with Gasteiger partial charge in [-0.1, -0.05) is 109 Å². The van der Waals surface area contributed by atoms with E-state index in [9.17, 15) is 10.1 Å². The van der Waals surface area contributed by atoms with Crippen LogP contribution >= 0.6 is 0 Å². The predicted octanol–water partition coefficient (Wildman–Crippen LogP) is 7.02. The third kappa shape index (κ3) is 4.02. The van der Waals surface area contributed by atoms with Crippen LogP contribution in [0.25, 0.3) is 0 Å². The van der Waals surface area contributed by atoms with Crippen LogP contribution in [0, 0.1) is 25.3 Å². The number of Topliss-reactive ketones (excluding diaryl/α,β-unsaturated/α-hetero) is 1. The molecule has 3 nitrogen and oxygen atoms in total. The van der Waals surface area contributed by atoms with Gasteiger partial charge in [0.05, 0.1) is 23.9 Å². The minimum absolute atomic E-state index is 0.149. The average molecular weight is 457 g/mol. The fourth-order valence-electron chi connectivity index (χ4n) is 5.63. The number of nitrogens with zero attached hydrogens (tertiary/aromatic N) is 2. The number of ketones is 1. The number of likely N-dealkylation sites (tertiary alicyclic amines) is 1. The average Bonchev–Trinajstić information content (AvgIpc) is 2.90. The molecule has 1 aliphatic heterocycles. The molecule has 3 heteroatoms. The summed E-state index contributed by atoms with van der Waals surface area (Å²) in [6.45, 7) is 4.12. The van der Waals surface area contributed by atoms with Crippen molar-refractivity contribution in [1.29, 1.82) is 5.26 Å². The maximum Gasteiger partial charge on any atom is 0.180 e. The zero-order valence-electron chi connectivity index (χ0n) is 20.0. The van der Waals surface area contributed by atoms with Crippen LogP contribution < -0.4 is 0 Å². The van der Waals surface area contributed by atoms with Gasteiger partial charge in [0.2, 0.25) is 0 Å². The molecule has 0 radical (unpaired) electrons. The summed E-state index contributed by atoms with van der Waals surface area (Å²) in [4.78, 5) is 16.5. The summed E-state index contributed by atoms with van der Waals surface area (Å²) in [7, 11) is 0. The van der Waals surface area contributed by atoms with Crippen LogP contribution in [-0.2, 0) is 4.79 Å². The van der Waals surface area contributed by atoms with Gasteiger partial charge in [0.25, 0.3) is 0 Å². The smallest absolute Gasteiger partial charge is 0.180 e. The molecule has 0 aromatic heterocycles. The van der Waals surface area contributed by atoms with Crippen molar-refractivity contribution in [3.8, 4) is 6.19 Å². The highest BCUT2D eigenvalue weighted by molar-refractivity contribution is 5.94. The molecule has 1 heterocycles. The summed E-state index contributed by atoms with van der Waals surface area (Å²) >= 11 is 0. The Morgan fingerprint density at radius 2 is 0.971 bits per heavy atom. The molecule has 4 aromatic carbocycles. The molecular formula is C32H28N2O. The van der Waals surface area contributed by atoms with E-state index in [0.717, 1.165) is 33.4 Å². The lowest BCUT2D eigenvalue weighted by Gasteiger charge is -2.48. The molecule has 1 saturated heterocycles. The second-order valence-electron chi connectivity index (χ2n) is 9.29. The van der Waals surface area contributed by atoms with Gasteiger partial charge < -0.3 is 0 Å². The van der Waals surface area contributed by atoms with E-state index >= 15 is 0 Å². The van der Waals surface area contributed by atoms with E-state index < -0.39 is 23.9 Å². The minimum atomic E-state index is -0.470. The van der Waals surface area contributed by atoms with Crippen molar-refractivity contribution in [3.05, 3.63) is 143 Å². The van der Waals surface area contributed by atoms with Crippen molar-refractivity contribution < 1.29 is 4.79 Å². The van der Waals surface area contributed by atoms with Gasteiger partial charge in [-0.3, -0.25) is 9.69 Å². The maximum absolute atomic E-state index is 14.6. The van der Waals surface area contributed by atoms with E-state index in [1.54, 1.807) is 0 Å². The molecule has 5 rings (SSSR count). The van der Waals surface area contributed by atoms with E-state index in [0.29, 0.717) is 0 Å². The van der Waals surface area contributed by atoms with E-state index in [-0.39, 0.29) is 5.78 Å². The molecule has 0 spiro atoms. The van der Waals surface area contributed by atoms with Crippen LogP contribution in [0.4, 0.5) is 0 Å². The molecule has 0 saturated carbocycles. The first-order valence-corrected chi connectivity index (χ1v) is 12.0. The molecular weight excluding hydrogens is 428 g/mol. The summed E-state index contributed by atoms with van der Waals surface area (Å²) < 4.78 is 0. The summed E-state index contributed by atoms with van der Waals surface area (Å²) in [6.07, 6.45) is 2.56. The Bertz CT molecular complexity index is 1270. The molecule has 0 N–H and O–H groups in total. The van der Waals surface area contributed by atoms with Crippen molar-refractivity contribution in [1.82, 2.24) is 4.90 Å². The Balaban J connectivity index is 1.80. The van der Waals surface area contributed by atoms with Crippen LogP contribution in [0.2, 0.25) is 0 Å². The fourth-order valence-corrected chi connectivity index (χ4v) is 5.63. The highest BCUT2D eigenvalue weighted by Gasteiger charge is 2.51. The fraction of sp³-hybridized carbons (Fsp3) is 0.188. The first-order chi connectivity index (χ1) is 17.1. The third-order valence-corrected chi connectivity index (χ3v) is 7.29. The summed E-state index contributed by atoms with van der Waals surface area (Å²) in [5, 5.41) is 10.7. The zero-order valence-corrected chi connectivity index (χ0v) is 20.0. The van der Waals surface area contributed by atoms with Gasteiger partial charge in [0.15, 0.2) is 12.0 Å². The van der Waals surface area contributed by atoms with Crippen LogP contribution in [-0.4, -0.2) is 10.7 Å². The number of nitriles is 1. The van der Waals surface area contributed by atoms with Crippen molar-refractivity contribution in [3.63, 3.8) is 0 Å². The lowest BCUT2D eigenvalue weighted by atomic mass is 9.68. The minimum Gasteiger partial charge on any atom is -0.298 e. The van der Waals surface area contributed by atoms with Gasteiger partial charge in [0, 0.05) is 0 Å². The second kappa shape index (κ2) is 9.60. The van der Waals surface area contributed by atoms with Gasteiger partial charge in [0.1, 0.15) is 0 Å². The molecule has 0 bridgehead atoms. The highest BCUT2D eigenvalue weighted by Crippen LogP contribution is 2.53. The molecule has 35 heavy (non-hydrogen) atoms. The maximum atomic E-state index is 14.6. The Morgan fingerprint density at radius 1 is 0.600 bits per heavy atom. The Hall–Kier alpha value is -4.16. The number of carbonyl (C=O) groups excluding carboxylic acids is 1. The second-order valence-corrected chi connectivity index (χ2v) is 9.29. The molecule has 0 amide bonds. The first kappa shape index (κ1) is 22.6. The highest BCUT2D eigenvalue weighted by atomic mass is 16.1. The molecule has 4 aromatic rings. The van der Waals surface area contributed by atoms with Gasteiger partial charge >= 0.3 is 0 Å². The van der Waals surface area contributed by atoms with Gasteiger partial charge in [-0.05, 0) is 47.2 Å². The van der Waals surface area contributed by atoms with Crippen LogP contribution in [0.15, 0.2) is 109 Å². The number of carbonyl (C=O) groups is 1. The van der Waals surface area contributed by atoms with Crippen LogP contribution in [0.3, 0.4) is 0 Å². The molecule has 172 valence electrons. The number of benzene rings is 4. The van der Waals surface area contributed by atoms with Crippen molar-refractivity contribution in [2.45, 2.75) is 37.8 Å². The summed E-state index contributed by atoms with van der Waals surface area (Å²) in [5.41, 5.74) is 6.06. The Kier molecular flexibility index (Phi) is 6.21. The Labute approximate surface area is 207 Å². The molecule has 0 aliphatic carbocycles. The largest absolute Gasteiger partial charge is 0.298 e. The molecule has 1 aliphatic rings. The van der Waals surface area contributed by atoms with E-state index in [1.807, 2.05) is 89.8 Å². The number of rotatable bonds is 4. The molecule has 4 unspecified atom stereocenters. The standard InChI is InChI=1S/C32H28N2O/c1-22-13-9-11-19-26(22)30-28(24-15-5-3-6-16-24)32(35)29(25-17-7-4-8-18-25)31(34(30)21-33)27-20-12-10-14-23(27)2/h3-20,28-31H,1-2H3. The Morgan fingerprint density at radius 3 is 1.34 bits per heavy atom. The third-order valence-electron chi connectivity index (χ3n) is 7.29. The number of hydrogen-bond donors (Lipinski definition) is 0. The van der Waals surface area contributed by atoms with Crippen molar-refractivity contribution >= 4 is 5.78 Å². The quantitative estimate of drug-likeness (QED) is 0.310. The van der Waals surface area contributed by atoms with Crippen LogP contribution in [0.5, 0.6) is 0 Å². The summed E-state index contributed by atoms with van der Waals surface area (Å²) in [6, 6.07) is 35.3. The number of hydrogen-bond acceptors (Lipinski definition) is 3. The van der Waals surface area contributed by atoms with Crippen molar-refractivity contribution in [2.75, 3.05) is 0 Å². The monoisotopic (exact) mass is 456 g/mol.